The Morgan fingerprint density at radius 3 is 2.93 bits per heavy atom. The zero-order chi connectivity index (χ0) is 11.3. The first-order valence-electron chi connectivity index (χ1n) is 4.75. The molecule has 0 saturated carbocycles. The van der Waals surface area contributed by atoms with Crippen LogP contribution in [-0.2, 0) is 11.3 Å². The van der Waals surface area contributed by atoms with Crippen molar-refractivity contribution in [2.24, 2.45) is 5.73 Å². The van der Waals surface area contributed by atoms with Crippen molar-refractivity contribution in [3.8, 4) is 0 Å². The van der Waals surface area contributed by atoms with Gasteiger partial charge in [0, 0.05) is 24.3 Å². The lowest BCUT2D eigenvalue weighted by atomic mass is 10.2. The van der Waals surface area contributed by atoms with Crippen LogP contribution in [0.15, 0.2) is 12.1 Å². The fraction of sp³-hybridized carbons (Fsp3) is 0.400. The molecule has 1 heterocycles. The second-order valence-electron chi connectivity index (χ2n) is 3.24. The van der Waals surface area contributed by atoms with Gasteiger partial charge >= 0.3 is 5.97 Å². The van der Waals surface area contributed by atoms with Crippen molar-refractivity contribution in [1.82, 2.24) is 4.98 Å². The van der Waals surface area contributed by atoms with Gasteiger partial charge in [-0.3, -0.25) is 4.79 Å². The molecule has 5 heteroatoms. The predicted octanol–water partition coefficient (Wildman–Crippen LogP) is 0.735. The quantitative estimate of drug-likeness (QED) is 0.665. The molecule has 1 rings (SSSR count). The largest absolute Gasteiger partial charge is 0.481 e. The number of nitrogens with zero attached hydrogens (tertiary/aromatic N) is 1. The maximum atomic E-state index is 10.3. The monoisotopic (exact) mass is 209 g/mol. The van der Waals surface area contributed by atoms with Gasteiger partial charge in [0.2, 0.25) is 0 Å². The summed E-state index contributed by atoms with van der Waals surface area (Å²) < 4.78 is 0. The lowest BCUT2D eigenvalue weighted by Crippen LogP contribution is -2.12. The minimum atomic E-state index is -0.829. The summed E-state index contributed by atoms with van der Waals surface area (Å²) in [4.78, 5) is 14.6. The summed E-state index contributed by atoms with van der Waals surface area (Å²) in [5, 5.41) is 11.5. The van der Waals surface area contributed by atoms with E-state index in [4.69, 9.17) is 10.8 Å². The van der Waals surface area contributed by atoms with Crippen LogP contribution in [-0.4, -0.2) is 22.6 Å². The van der Waals surface area contributed by atoms with Crippen LogP contribution in [0, 0.1) is 6.92 Å². The van der Waals surface area contributed by atoms with Gasteiger partial charge in [0.25, 0.3) is 0 Å². The van der Waals surface area contributed by atoms with Gasteiger partial charge in [0.05, 0.1) is 6.42 Å². The number of nitrogens with two attached hydrogens (primary N) is 1. The summed E-state index contributed by atoms with van der Waals surface area (Å²) >= 11 is 0. The van der Waals surface area contributed by atoms with E-state index in [-0.39, 0.29) is 6.42 Å². The van der Waals surface area contributed by atoms with Gasteiger partial charge < -0.3 is 16.2 Å². The molecule has 0 radical (unpaired) electrons. The molecule has 1 aromatic heterocycles. The Kier molecular flexibility index (Phi) is 4.05. The Morgan fingerprint density at radius 1 is 1.60 bits per heavy atom. The third kappa shape index (κ3) is 3.55. The fourth-order valence-electron chi connectivity index (χ4n) is 1.19. The summed E-state index contributed by atoms with van der Waals surface area (Å²) in [6.45, 7) is 2.63. The van der Waals surface area contributed by atoms with Crippen LogP contribution in [0.5, 0.6) is 0 Å². The van der Waals surface area contributed by atoms with Crippen LogP contribution < -0.4 is 11.1 Å². The maximum absolute atomic E-state index is 10.3. The van der Waals surface area contributed by atoms with E-state index < -0.39 is 5.97 Å². The number of aromatic nitrogens is 1. The highest BCUT2D eigenvalue weighted by atomic mass is 16.4. The van der Waals surface area contributed by atoms with E-state index in [1.54, 1.807) is 0 Å². The highest BCUT2D eigenvalue weighted by Crippen LogP contribution is 2.12. The van der Waals surface area contributed by atoms with Gasteiger partial charge in [0.1, 0.15) is 5.82 Å². The third-order valence-corrected chi connectivity index (χ3v) is 1.97. The molecule has 1 aromatic rings. The maximum Gasteiger partial charge on any atom is 0.305 e. The second-order valence-corrected chi connectivity index (χ2v) is 3.24. The van der Waals surface area contributed by atoms with Crippen LogP contribution >= 0.6 is 0 Å². The molecule has 0 saturated heterocycles. The van der Waals surface area contributed by atoms with Crippen molar-refractivity contribution >= 4 is 11.8 Å². The molecule has 0 aliphatic heterocycles. The number of pyridine rings is 1. The molecule has 82 valence electrons. The number of nitrogens with one attached hydrogen (secondary N) is 1. The number of carboxylic acid groups (broad SMARTS) is 1. The van der Waals surface area contributed by atoms with Crippen molar-refractivity contribution < 1.29 is 9.90 Å². The minimum absolute atomic E-state index is 0.0691. The summed E-state index contributed by atoms with van der Waals surface area (Å²) in [6.07, 6.45) is 0.0691. The number of aryl methyl sites for hydroxylation is 1. The standard InChI is InChI=1S/C10H15N3O2/c1-7-2-3-8(6-11)10(13-7)12-5-4-9(14)15/h2-3H,4-6,11H2,1H3,(H,12,13)(H,14,15). The first kappa shape index (κ1) is 11.5. The number of hydrogen-bond acceptors (Lipinski definition) is 4. The predicted molar refractivity (Wildman–Crippen MR) is 57.6 cm³/mol. The number of rotatable bonds is 5. The normalized spacial score (nSPS) is 10.0. The SMILES string of the molecule is Cc1ccc(CN)c(NCCC(=O)O)n1. The number of carboxylic acids is 1. The average molecular weight is 209 g/mol. The van der Waals surface area contributed by atoms with Gasteiger partial charge in [-0.15, -0.1) is 0 Å². The summed E-state index contributed by atoms with van der Waals surface area (Å²) in [6, 6.07) is 3.77. The smallest absolute Gasteiger partial charge is 0.305 e. The highest BCUT2D eigenvalue weighted by Gasteiger charge is 2.03. The third-order valence-electron chi connectivity index (χ3n) is 1.97. The topological polar surface area (TPSA) is 88.2 Å². The minimum Gasteiger partial charge on any atom is -0.481 e. The average Bonchev–Trinajstić information content (AvgIpc) is 2.17. The Hall–Kier alpha value is -1.62. The van der Waals surface area contributed by atoms with E-state index in [9.17, 15) is 4.79 Å². The van der Waals surface area contributed by atoms with Gasteiger partial charge in [-0.25, -0.2) is 4.98 Å². The zero-order valence-corrected chi connectivity index (χ0v) is 8.66. The van der Waals surface area contributed by atoms with Crippen molar-refractivity contribution in [2.75, 3.05) is 11.9 Å². The second kappa shape index (κ2) is 5.31. The number of hydrogen-bond donors (Lipinski definition) is 3. The van der Waals surface area contributed by atoms with E-state index in [1.807, 2.05) is 19.1 Å². The lowest BCUT2D eigenvalue weighted by molar-refractivity contribution is -0.136. The first-order chi connectivity index (χ1) is 7.13. The Labute approximate surface area is 88.3 Å². The van der Waals surface area contributed by atoms with E-state index >= 15 is 0 Å². The number of carbonyl (C=O) groups is 1. The zero-order valence-electron chi connectivity index (χ0n) is 8.66. The van der Waals surface area contributed by atoms with Crippen LogP contribution in [0.2, 0.25) is 0 Å². The molecule has 4 N–H and O–H groups in total. The summed E-state index contributed by atoms with van der Waals surface area (Å²) in [5.41, 5.74) is 7.31. The van der Waals surface area contributed by atoms with Gasteiger partial charge in [0.15, 0.2) is 0 Å². The Balaban J connectivity index is 2.65. The molecule has 0 amide bonds. The van der Waals surface area contributed by atoms with Crippen LogP contribution in [0.1, 0.15) is 17.7 Å². The highest BCUT2D eigenvalue weighted by molar-refractivity contribution is 5.67. The molecule has 15 heavy (non-hydrogen) atoms. The van der Waals surface area contributed by atoms with E-state index in [1.165, 1.54) is 0 Å². The molecule has 0 fully saturated rings. The molecule has 0 atom stereocenters. The lowest BCUT2D eigenvalue weighted by Gasteiger charge is -2.09. The van der Waals surface area contributed by atoms with Crippen molar-refractivity contribution in [3.05, 3.63) is 23.4 Å². The number of aliphatic carboxylic acids is 1. The van der Waals surface area contributed by atoms with Crippen LogP contribution in [0.4, 0.5) is 5.82 Å². The number of anilines is 1. The fourth-order valence-corrected chi connectivity index (χ4v) is 1.19. The van der Waals surface area contributed by atoms with E-state index in [2.05, 4.69) is 10.3 Å². The van der Waals surface area contributed by atoms with Gasteiger partial charge in [-0.2, -0.15) is 0 Å². The van der Waals surface area contributed by atoms with E-state index in [0.29, 0.717) is 18.9 Å². The molecule has 0 spiro atoms. The molecule has 0 bridgehead atoms. The molecule has 0 aliphatic carbocycles. The Bertz CT molecular complexity index is 353. The molecule has 5 nitrogen and oxygen atoms in total. The summed E-state index contributed by atoms with van der Waals surface area (Å²) in [7, 11) is 0. The molecule has 0 unspecified atom stereocenters. The van der Waals surface area contributed by atoms with Gasteiger partial charge in [-0.05, 0) is 13.0 Å². The molecular formula is C10H15N3O2. The van der Waals surface area contributed by atoms with Crippen molar-refractivity contribution in [1.29, 1.82) is 0 Å². The Morgan fingerprint density at radius 2 is 2.33 bits per heavy atom. The van der Waals surface area contributed by atoms with Gasteiger partial charge in [-0.1, -0.05) is 6.07 Å². The van der Waals surface area contributed by atoms with Crippen molar-refractivity contribution in [3.63, 3.8) is 0 Å². The molecule has 0 aromatic carbocycles. The van der Waals surface area contributed by atoms with Crippen LogP contribution in [0.25, 0.3) is 0 Å². The molecular weight excluding hydrogens is 194 g/mol. The van der Waals surface area contributed by atoms with E-state index in [0.717, 1.165) is 11.3 Å². The van der Waals surface area contributed by atoms with Crippen molar-refractivity contribution in [2.45, 2.75) is 19.9 Å². The first-order valence-corrected chi connectivity index (χ1v) is 4.75. The van der Waals surface area contributed by atoms with Crippen LogP contribution in [0.3, 0.4) is 0 Å². The summed E-state index contributed by atoms with van der Waals surface area (Å²) in [5.74, 6) is -0.150. The molecule has 0 aliphatic rings.